The molecule has 3 rings (SSSR count). The zero-order valence-corrected chi connectivity index (χ0v) is 15.7. The van der Waals surface area contributed by atoms with Gasteiger partial charge in [0.2, 0.25) is 0 Å². The number of fused-ring (bicyclic) bond motifs is 1. The van der Waals surface area contributed by atoms with Gasteiger partial charge in [-0.3, -0.25) is 0 Å². The molecule has 0 N–H and O–H groups in total. The molecule has 0 saturated carbocycles. The summed E-state index contributed by atoms with van der Waals surface area (Å²) in [7, 11) is 4.13. The van der Waals surface area contributed by atoms with Crippen LogP contribution in [0, 0.1) is 0 Å². The largest absolute Gasteiger partial charge is 0.304 e. The Morgan fingerprint density at radius 1 is 1.04 bits per heavy atom. The lowest BCUT2D eigenvalue weighted by molar-refractivity contribution is 0.396. The Balaban J connectivity index is 2.14. The Bertz CT molecular complexity index is 855. The van der Waals surface area contributed by atoms with Crippen LogP contribution >= 0.6 is 11.6 Å². The first kappa shape index (κ1) is 17.0. The van der Waals surface area contributed by atoms with Crippen LogP contribution in [0.4, 0.5) is 0 Å². The molecule has 0 amide bonds. The molecule has 4 heteroatoms. The van der Waals surface area contributed by atoms with Crippen molar-refractivity contribution in [2.24, 2.45) is 0 Å². The van der Waals surface area contributed by atoms with Gasteiger partial charge in [-0.05, 0) is 37.2 Å². The van der Waals surface area contributed by atoms with Crippen LogP contribution in [0.3, 0.4) is 0 Å². The van der Waals surface area contributed by atoms with Gasteiger partial charge in [0.25, 0.3) is 0 Å². The Hall–Kier alpha value is -1.84. The molecule has 126 valence electrons. The molecule has 0 saturated heterocycles. The summed E-state index contributed by atoms with van der Waals surface area (Å²) in [5, 5.41) is 0.717. The molecule has 2 heterocycles. The van der Waals surface area contributed by atoms with E-state index in [1.54, 1.807) is 0 Å². The first-order valence-corrected chi connectivity index (χ1v) is 8.55. The van der Waals surface area contributed by atoms with Gasteiger partial charge in [-0.25, -0.2) is 4.98 Å². The number of hydrogen-bond acceptors (Lipinski definition) is 2. The standard InChI is InChI=1S/C20H24ClN3/c1-20(2,3)15-8-6-14(7-9-15)19-17(13-23(4)5)24-12-16(21)10-11-18(24)22-19/h6-12H,13H2,1-5H3. The fourth-order valence-corrected chi connectivity index (χ4v) is 3.04. The number of nitrogens with zero attached hydrogens (tertiary/aromatic N) is 3. The molecule has 1 aromatic carbocycles. The summed E-state index contributed by atoms with van der Waals surface area (Å²) < 4.78 is 2.09. The summed E-state index contributed by atoms with van der Waals surface area (Å²) in [6, 6.07) is 12.6. The number of benzene rings is 1. The Labute approximate surface area is 148 Å². The van der Waals surface area contributed by atoms with Gasteiger partial charge in [0.05, 0.1) is 16.4 Å². The number of halogens is 1. The Kier molecular flexibility index (Phi) is 4.41. The highest BCUT2D eigenvalue weighted by atomic mass is 35.5. The first-order valence-electron chi connectivity index (χ1n) is 8.18. The molecule has 3 aromatic rings. The van der Waals surface area contributed by atoms with Crippen LogP contribution in [0.1, 0.15) is 32.0 Å². The molecular weight excluding hydrogens is 318 g/mol. The highest BCUT2D eigenvalue weighted by molar-refractivity contribution is 6.30. The van der Waals surface area contributed by atoms with E-state index in [9.17, 15) is 0 Å². The zero-order chi connectivity index (χ0) is 17.5. The van der Waals surface area contributed by atoms with E-state index in [2.05, 4.69) is 68.4 Å². The summed E-state index contributed by atoms with van der Waals surface area (Å²) in [4.78, 5) is 7.00. The van der Waals surface area contributed by atoms with Crippen molar-refractivity contribution in [2.45, 2.75) is 32.7 Å². The van der Waals surface area contributed by atoms with E-state index in [1.807, 2.05) is 18.3 Å². The molecule has 0 fully saturated rings. The minimum atomic E-state index is 0.150. The van der Waals surface area contributed by atoms with Gasteiger partial charge in [-0.2, -0.15) is 0 Å². The van der Waals surface area contributed by atoms with Gasteiger partial charge >= 0.3 is 0 Å². The second-order valence-corrected chi connectivity index (χ2v) is 7.98. The fraction of sp³-hybridized carbons (Fsp3) is 0.350. The minimum absolute atomic E-state index is 0.150. The van der Waals surface area contributed by atoms with E-state index < -0.39 is 0 Å². The smallest absolute Gasteiger partial charge is 0.137 e. The molecule has 0 atom stereocenters. The van der Waals surface area contributed by atoms with Crippen LogP contribution in [0.15, 0.2) is 42.6 Å². The van der Waals surface area contributed by atoms with E-state index in [-0.39, 0.29) is 5.41 Å². The summed E-state index contributed by atoms with van der Waals surface area (Å²) in [5.41, 5.74) is 5.71. The van der Waals surface area contributed by atoms with Gasteiger partial charge < -0.3 is 9.30 Å². The number of imidazole rings is 1. The normalized spacial score (nSPS) is 12.3. The van der Waals surface area contributed by atoms with Gasteiger partial charge in [0.1, 0.15) is 5.65 Å². The third kappa shape index (κ3) is 3.33. The monoisotopic (exact) mass is 341 g/mol. The van der Waals surface area contributed by atoms with Crippen molar-refractivity contribution in [1.29, 1.82) is 0 Å². The predicted octanol–water partition coefficient (Wildman–Crippen LogP) is 5.01. The van der Waals surface area contributed by atoms with Crippen LogP contribution in [-0.4, -0.2) is 28.4 Å². The second-order valence-electron chi connectivity index (χ2n) is 7.55. The molecular formula is C20H24ClN3. The van der Waals surface area contributed by atoms with Gasteiger partial charge in [-0.1, -0.05) is 56.6 Å². The quantitative estimate of drug-likeness (QED) is 0.667. The average molecular weight is 342 g/mol. The van der Waals surface area contributed by atoms with Gasteiger partial charge in [0.15, 0.2) is 0 Å². The van der Waals surface area contributed by atoms with E-state index >= 15 is 0 Å². The van der Waals surface area contributed by atoms with Crippen LogP contribution in [0.25, 0.3) is 16.9 Å². The van der Waals surface area contributed by atoms with E-state index in [0.29, 0.717) is 0 Å². The minimum Gasteiger partial charge on any atom is -0.304 e. The van der Waals surface area contributed by atoms with Crippen molar-refractivity contribution in [1.82, 2.24) is 14.3 Å². The maximum Gasteiger partial charge on any atom is 0.137 e. The molecule has 0 bridgehead atoms. The number of rotatable bonds is 3. The van der Waals surface area contributed by atoms with Crippen molar-refractivity contribution in [3.05, 3.63) is 58.9 Å². The lowest BCUT2D eigenvalue weighted by Crippen LogP contribution is -2.13. The van der Waals surface area contributed by atoms with Crippen LogP contribution < -0.4 is 0 Å². The van der Waals surface area contributed by atoms with E-state index in [4.69, 9.17) is 16.6 Å². The Morgan fingerprint density at radius 2 is 1.71 bits per heavy atom. The highest BCUT2D eigenvalue weighted by Crippen LogP contribution is 2.29. The number of pyridine rings is 1. The maximum absolute atomic E-state index is 6.19. The lowest BCUT2D eigenvalue weighted by atomic mass is 9.86. The number of aromatic nitrogens is 2. The van der Waals surface area contributed by atoms with Crippen molar-refractivity contribution in [3.8, 4) is 11.3 Å². The SMILES string of the molecule is CN(C)Cc1c(-c2ccc(C(C)(C)C)cc2)nc2ccc(Cl)cn12. The Morgan fingerprint density at radius 3 is 2.29 bits per heavy atom. The third-order valence-electron chi connectivity index (χ3n) is 4.17. The molecule has 0 aliphatic carbocycles. The molecule has 0 aliphatic rings. The van der Waals surface area contributed by atoms with E-state index in [0.717, 1.165) is 34.2 Å². The number of hydrogen-bond donors (Lipinski definition) is 0. The van der Waals surface area contributed by atoms with Crippen molar-refractivity contribution in [2.75, 3.05) is 14.1 Å². The van der Waals surface area contributed by atoms with Crippen LogP contribution in [0.5, 0.6) is 0 Å². The van der Waals surface area contributed by atoms with Crippen molar-refractivity contribution >= 4 is 17.2 Å². The topological polar surface area (TPSA) is 20.5 Å². The first-order chi connectivity index (χ1) is 11.3. The highest BCUT2D eigenvalue weighted by Gasteiger charge is 2.17. The summed E-state index contributed by atoms with van der Waals surface area (Å²) >= 11 is 6.19. The maximum atomic E-state index is 6.19. The average Bonchev–Trinajstić information content (AvgIpc) is 2.84. The summed E-state index contributed by atoms with van der Waals surface area (Å²) in [6.45, 7) is 7.49. The third-order valence-corrected chi connectivity index (χ3v) is 4.40. The molecule has 2 aromatic heterocycles. The van der Waals surface area contributed by atoms with Crippen LogP contribution in [0.2, 0.25) is 5.02 Å². The summed E-state index contributed by atoms with van der Waals surface area (Å²) in [5.74, 6) is 0. The molecule has 0 unspecified atom stereocenters. The lowest BCUT2D eigenvalue weighted by Gasteiger charge is -2.19. The van der Waals surface area contributed by atoms with E-state index in [1.165, 1.54) is 5.56 Å². The zero-order valence-electron chi connectivity index (χ0n) is 15.0. The van der Waals surface area contributed by atoms with Gasteiger partial charge in [-0.15, -0.1) is 0 Å². The summed E-state index contributed by atoms with van der Waals surface area (Å²) in [6.07, 6.45) is 1.94. The molecule has 0 aliphatic heterocycles. The molecule has 0 spiro atoms. The second kappa shape index (κ2) is 6.23. The fourth-order valence-electron chi connectivity index (χ4n) is 2.88. The molecule has 3 nitrogen and oxygen atoms in total. The van der Waals surface area contributed by atoms with Crippen LogP contribution in [-0.2, 0) is 12.0 Å². The molecule has 0 radical (unpaired) electrons. The molecule has 24 heavy (non-hydrogen) atoms. The van der Waals surface area contributed by atoms with Crippen molar-refractivity contribution < 1.29 is 0 Å². The van der Waals surface area contributed by atoms with Crippen molar-refractivity contribution in [3.63, 3.8) is 0 Å². The predicted molar refractivity (Wildman–Crippen MR) is 102 cm³/mol. The van der Waals surface area contributed by atoms with Gasteiger partial charge in [0, 0.05) is 18.3 Å².